The smallest absolute Gasteiger partial charge is 0.230 e. The lowest BCUT2D eigenvalue weighted by Crippen LogP contribution is -2.39. The molecule has 0 unspecified atom stereocenters. The van der Waals surface area contributed by atoms with E-state index >= 15 is 0 Å². The fourth-order valence-corrected chi connectivity index (χ4v) is 4.42. The molecule has 150 valence electrons. The van der Waals surface area contributed by atoms with Gasteiger partial charge in [-0.15, -0.1) is 10.2 Å². The van der Waals surface area contributed by atoms with Crippen LogP contribution in [0.4, 0.5) is 0 Å². The average Bonchev–Trinajstić information content (AvgIpc) is 3.56. The van der Waals surface area contributed by atoms with Crippen LogP contribution < -0.4 is 5.32 Å². The van der Waals surface area contributed by atoms with E-state index in [9.17, 15) is 4.79 Å². The van der Waals surface area contributed by atoms with Crippen LogP contribution in [0.15, 0.2) is 29.4 Å². The fourth-order valence-electron chi connectivity index (χ4n) is 3.70. The molecule has 0 spiro atoms. The molecule has 0 atom stereocenters. The zero-order valence-electron chi connectivity index (χ0n) is 17.2. The van der Waals surface area contributed by atoms with E-state index in [2.05, 4.69) is 60.6 Å². The Kier molecular flexibility index (Phi) is 5.25. The molecular weight excluding hydrogens is 368 g/mol. The molecule has 1 N–H and O–H groups in total. The van der Waals surface area contributed by atoms with Crippen LogP contribution in [0.3, 0.4) is 0 Å². The van der Waals surface area contributed by atoms with Gasteiger partial charge in [0.05, 0.1) is 5.75 Å². The summed E-state index contributed by atoms with van der Waals surface area (Å²) >= 11 is 1.46. The van der Waals surface area contributed by atoms with E-state index in [-0.39, 0.29) is 11.3 Å². The number of nitrogens with one attached hydrogen (secondary N) is 1. The molecule has 0 saturated heterocycles. The molecule has 2 aliphatic carbocycles. The van der Waals surface area contributed by atoms with Crippen molar-refractivity contribution in [3.05, 3.63) is 29.8 Å². The van der Waals surface area contributed by atoms with Gasteiger partial charge in [-0.05, 0) is 48.5 Å². The molecule has 2 aliphatic rings. The molecule has 4 rings (SSSR count). The normalized spacial score (nSPS) is 17.2. The maximum atomic E-state index is 12.4. The Morgan fingerprint density at radius 3 is 2.29 bits per heavy atom. The van der Waals surface area contributed by atoms with Gasteiger partial charge >= 0.3 is 0 Å². The Morgan fingerprint density at radius 1 is 1.14 bits per heavy atom. The summed E-state index contributed by atoms with van der Waals surface area (Å²) in [5, 5.41) is 12.7. The molecule has 1 aromatic heterocycles. The summed E-state index contributed by atoms with van der Waals surface area (Å²) in [4.78, 5) is 12.4. The largest absolute Gasteiger partial charge is 0.352 e. The van der Waals surface area contributed by atoms with Crippen molar-refractivity contribution in [2.75, 3.05) is 5.75 Å². The van der Waals surface area contributed by atoms with Gasteiger partial charge in [0.15, 0.2) is 11.0 Å². The van der Waals surface area contributed by atoms with Gasteiger partial charge in [0.1, 0.15) is 0 Å². The number of hydrogen-bond donors (Lipinski definition) is 1. The van der Waals surface area contributed by atoms with Crippen LogP contribution in [0.5, 0.6) is 0 Å². The number of benzene rings is 1. The van der Waals surface area contributed by atoms with Crippen LogP contribution in [0.2, 0.25) is 0 Å². The molecular formula is C22H30N4OS. The maximum Gasteiger partial charge on any atom is 0.230 e. The minimum absolute atomic E-state index is 0.118. The van der Waals surface area contributed by atoms with E-state index in [1.807, 2.05) is 11.6 Å². The predicted molar refractivity (Wildman–Crippen MR) is 113 cm³/mol. The first-order valence-corrected chi connectivity index (χ1v) is 11.2. The fraction of sp³-hybridized carbons (Fsp3) is 0.591. The van der Waals surface area contributed by atoms with E-state index in [1.54, 1.807) is 0 Å². The highest BCUT2D eigenvalue weighted by Gasteiger charge is 2.42. The number of nitrogens with zero attached hydrogens (tertiary/aromatic N) is 3. The lowest BCUT2D eigenvalue weighted by atomic mass is 9.87. The van der Waals surface area contributed by atoms with Gasteiger partial charge in [-0.2, -0.15) is 0 Å². The SMILES string of the molecule is Cn1c(SCC(=O)NC(C2CC2)C2CC2)nnc1-c1ccc(C(C)(C)C)cc1. The highest BCUT2D eigenvalue weighted by Crippen LogP contribution is 2.44. The monoisotopic (exact) mass is 398 g/mol. The van der Waals surface area contributed by atoms with Gasteiger partial charge in [-0.25, -0.2) is 0 Å². The van der Waals surface area contributed by atoms with E-state index in [1.165, 1.54) is 43.0 Å². The number of carbonyl (C=O) groups excluding carboxylic acids is 1. The highest BCUT2D eigenvalue weighted by atomic mass is 32.2. The molecule has 2 fully saturated rings. The first-order chi connectivity index (χ1) is 13.3. The van der Waals surface area contributed by atoms with Crippen molar-refractivity contribution in [3.63, 3.8) is 0 Å². The maximum absolute atomic E-state index is 12.4. The van der Waals surface area contributed by atoms with Gasteiger partial charge in [0.25, 0.3) is 0 Å². The van der Waals surface area contributed by atoms with Gasteiger partial charge in [0.2, 0.25) is 5.91 Å². The molecule has 1 aromatic carbocycles. The standard InChI is InChI=1S/C22H30N4OS/c1-22(2,3)17-11-9-16(10-12-17)20-24-25-21(26(20)4)28-13-18(27)23-19(14-5-6-14)15-7-8-15/h9-12,14-15,19H,5-8,13H2,1-4H3,(H,23,27). The Morgan fingerprint density at radius 2 is 1.75 bits per heavy atom. The molecule has 28 heavy (non-hydrogen) atoms. The van der Waals surface area contributed by atoms with Crippen molar-refractivity contribution in [3.8, 4) is 11.4 Å². The Labute approximate surface area is 171 Å². The van der Waals surface area contributed by atoms with E-state index in [4.69, 9.17) is 0 Å². The number of aromatic nitrogens is 3. The number of hydrogen-bond acceptors (Lipinski definition) is 4. The number of carbonyl (C=O) groups is 1. The zero-order chi connectivity index (χ0) is 19.9. The molecule has 2 aromatic rings. The van der Waals surface area contributed by atoms with Crippen LogP contribution in [0.1, 0.15) is 52.0 Å². The van der Waals surface area contributed by atoms with E-state index < -0.39 is 0 Å². The minimum Gasteiger partial charge on any atom is -0.352 e. The lowest BCUT2D eigenvalue weighted by molar-refractivity contribution is -0.119. The second-order valence-electron chi connectivity index (χ2n) is 9.25. The number of amides is 1. The second-order valence-corrected chi connectivity index (χ2v) is 10.2. The highest BCUT2D eigenvalue weighted by molar-refractivity contribution is 7.99. The molecule has 2 saturated carbocycles. The Hall–Kier alpha value is -1.82. The van der Waals surface area contributed by atoms with Crippen molar-refractivity contribution in [2.45, 2.75) is 63.1 Å². The van der Waals surface area contributed by atoms with Gasteiger partial charge in [-0.3, -0.25) is 4.79 Å². The summed E-state index contributed by atoms with van der Waals surface area (Å²) in [5.41, 5.74) is 2.47. The topological polar surface area (TPSA) is 59.8 Å². The van der Waals surface area contributed by atoms with E-state index in [0.717, 1.165) is 28.4 Å². The van der Waals surface area contributed by atoms with Crippen LogP contribution in [0, 0.1) is 11.8 Å². The first-order valence-electron chi connectivity index (χ1n) is 10.3. The predicted octanol–water partition coefficient (Wildman–Crippen LogP) is 4.18. The van der Waals surface area contributed by atoms with Crippen LogP contribution >= 0.6 is 11.8 Å². The molecule has 5 nitrogen and oxygen atoms in total. The van der Waals surface area contributed by atoms with Gasteiger partial charge < -0.3 is 9.88 Å². The number of thioether (sulfide) groups is 1. The molecule has 6 heteroatoms. The molecule has 0 aliphatic heterocycles. The third kappa shape index (κ3) is 4.43. The molecule has 1 amide bonds. The summed E-state index contributed by atoms with van der Waals surface area (Å²) < 4.78 is 1.98. The summed E-state index contributed by atoms with van der Waals surface area (Å²) in [6.45, 7) is 6.63. The van der Waals surface area contributed by atoms with Crippen molar-refractivity contribution < 1.29 is 4.79 Å². The number of rotatable bonds is 7. The average molecular weight is 399 g/mol. The molecule has 0 radical (unpaired) electrons. The Balaban J connectivity index is 1.37. The van der Waals surface area contributed by atoms with Gasteiger partial charge in [0, 0.05) is 18.7 Å². The zero-order valence-corrected chi connectivity index (χ0v) is 18.1. The van der Waals surface area contributed by atoms with Crippen LogP contribution in [0.25, 0.3) is 11.4 Å². The minimum atomic E-state index is 0.118. The summed E-state index contributed by atoms with van der Waals surface area (Å²) in [7, 11) is 1.96. The summed E-state index contributed by atoms with van der Waals surface area (Å²) in [5.74, 6) is 2.79. The van der Waals surface area contributed by atoms with Crippen LogP contribution in [-0.4, -0.2) is 32.5 Å². The third-order valence-corrected chi connectivity index (χ3v) is 6.78. The third-order valence-electron chi connectivity index (χ3n) is 5.76. The quantitative estimate of drug-likeness (QED) is 0.711. The first kappa shape index (κ1) is 19.5. The van der Waals surface area contributed by atoms with Crippen molar-refractivity contribution >= 4 is 17.7 Å². The van der Waals surface area contributed by atoms with Crippen molar-refractivity contribution in [2.24, 2.45) is 18.9 Å². The van der Waals surface area contributed by atoms with Gasteiger partial charge in [-0.1, -0.05) is 56.8 Å². The van der Waals surface area contributed by atoms with Crippen LogP contribution in [-0.2, 0) is 17.3 Å². The summed E-state index contributed by atoms with van der Waals surface area (Å²) in [6, 6.07) is 8.91. The van der Waals surface area contributed by atoms with Crippen molar-refractivity contribution in [1.82, 2.24) is 20.1 Å². The van der Waals surface area contributed by atoms with Crippen molar-refractivity contribution in [1.29, 1.82) is 0 Å². The summed E-state index contributed by atoms with van der Waals surface area (Å²) in [6.07, 6.45) is 5.09. The Bertz CT molecular complexity index is 832. The lowest BCUT2D eigenvalue weighted by Gasteiger charge is -2.19. The molecule has 0 bridgehead atoms. The second kappa shape index (κ2) is 7.54. The van der Waals surface area contributed by atoms with E-state index in [0.29, 0.717) is 11.8 Å². The molecule has 1 heterocycles.